The van der Waals surface area contributed by atoms with Gasteiger partial charge < -0.3 is 9.72 Å². The van der Waals surface area contributed by atoms with Crippen LogP contribution in [0.5, 0.6) is 5.75 Å². The zero-order chi connectivity index (χ0) is 14.9. The van der Waals surface area contributed by atoms with Crippen LogP contribution in [-0.4, -0.2) is 9.97 Å². The molecule has 22 heavy (non-hydrogen) atoms. The van der Waals surface area contributed by atoms with Crippen molar-refractivity contribution in [3.05, 3.63) is 72.1 Å². The van der Waals surface area contributed by atoms with Crippen LogP contribution in [0.1, 0.15) is 11.4 Å². The maximum Gasteiger partial charge on any atom is 0.146 e. The van der Waals surface area contributed by atoms with Crippen LogP contribution in [0.3, 0.4) is 0 Å². The summed E-state index contributed by atoms with van der Waals surface area (Å²) in [4.78, 5) is 7.86. The fourth-order valence-corrected chi connectivity index (χ4v) is 2.65. The molecule has 0 bridgehead atoms. The van der Waals surface area contributed by atoms with E-state index < -0.39 is 0 Å². The third-order valence-electron chi connectivity index (χ3n) is 3.78. The molecule has 0 aliphatic carbocycles. The standard InChI is InChI=1S/C19H16N2O/c1-13-6-9-17-18(10-13)21-19(20-17)12-22-16-8-7-14-4-2-3-5-15(14)11-16/h2-11H,12H2,1H3,(H,20,21). The molecule has 0 aliphatic rings. The molecule has 0 radical (unpaired) electrons. The van der Waals surface area contributed by atoms with Crippen molar-refractivity contribution < 1.29 is 4.74 Å². The first-order chi connectivity index (χ1) is 10.8. The number of aryl methyl sites for hydroxylation is 1. The zero-order valence-corrected chi connectivity index (χ0v) is 12.3. The van der Waals surface area contributed by atoms with Gasteiger partial charge in [0.15, 0.2) is 0 Å². The Bertz CT molecular complexity index is 956. The molecule has 1 heterocycles. The lowest BCUT2D eigenvalue weighted by molar-refractivity contribution is 0.298. The largest absolute Gasteiger partial charge is 0.486 e. The summed E-state index contributed by atoms with van der Waals surface area (Å²) in [5.74, 6) is 1.70. The molecule has 0 atom stereocenters. The number of fused-ring (bicyclic) bond motifs is 2. The highest BCUT2D eigenvalue weighted by Crippen LogP contribution is 2.21. The van der Waals surface area contributed by atoms with Crippen molar-refractivity contribution in [2.24, 2.45) is 0 Å². The van der Waals surface area contributed by atoms with Gasteiger partial charge in [-0.25, -0.2) is 4.98 Å². The first-order valence-corrected chi connectivity index (χ1v) is 7.35. The maximum atomic E-state index is 5.87. The second kappa shape index (κ2) is 5.19. The lowest BCUT2D eigenvalue weighted by Crippen LogP contribution is -1.97. The van der Waals surface area contributed by atoms with Crippen molar-refractivity contribution in [1.82, 2.24) is 9.97 Å². The van der Waals surface area contributed by atoms with E-state index in [-0.39, 0.29) is 0 Å². The number of hydrogen-bond donors (Lipinski definition) is 1. The van der Waals surface area contributed by atoms with Gasteiger partial charge in [-0.05, 0) is 47.5 Å². The first-order valence-electron chi connectivity index (χ1n) is 7.35. The molecule has 3 aromatic carbocycles. The quantitative estimate of drug-likeness (QED) is 0.598. The molecule has 0 fully saturated rings. The van der Waals surface area contributed by atoms with Crippen molar-refractivity contribution in [3.8, 4) is 5.75 Å². The Kier molecular flexibility index (Phi) is 3.04. The number of imidazole rings is 1. The van der Waals surface area contributed by atoms with E-state index in [0.29, 0.717) is 6.61 Å². The number of nitrogens with zero attached hydrogens (tertiary/aromatic N) is 1. The van der Waals surface area contributed by atoms with Gasteiger partial charge >= 0.3 is 0 Å². The fraction of sp³-hybridized carbons (Fsp3) is 0.105. The fourth-order valence-electron chi connectivity index (χ4n) is 2.65. The molecule has 1 N–H and O–H groups in total. The lowest BCUT2D eigenvalue weighted by Gasteiger charge is -2.05. The SMILES string of the molecule is Cc1ccc2nc(COc3ccc4ccccc4c3)[nH]c2c1. The number of H-pyrrole nitrogens is 1. The van der Waals surface area contributed by atoms with Crippen molar-refractivity contribution in [2.75, 3.05) is 0 Å². The van der Waals surface area contributed by atoms with Gasteiger partial charge in [0.2, 0.25) is 0 Å². The zero-order valence-electron chi connectivity index (χ0n) is 12.3. The third kappa shape index (κ3) is 2.42. The van der Waals surface area contributed by atoms with Crippen LogP contribution in [0.15, 0.2) is 60.7 Å². The minimum atomic E-state index is 0.437. The monoisotopic (exact) mass is 288 g/mol. The minimum absolute atomic E-state index is 0.437. The average Bonchev–Trinajstić information content (AvgIpc) is 2.94. The Labute approximate surface area is 128 Å². The molecule has 4 rings (SSSR count). The Balaban J connectivity index is 1.56. The summed E-state index contributed by atoms with van der Waals surface area (Å²) < 4.78 is 5.87. The summed E-state index contributed by atoms with van der Waals surface area (Å²) in [6, 6.07) is 20.6. The van der Waals surface area contributed by atoms with E-state index in [0.717, 1.165) is 22.6 Å². The Morgan fingerprint density at radius 2 is 1.82 bits per heavy atom. The van der Waals surface area contributed by atoms with E-state index in [2.05, 4.69) is 53.3 Å². The summed E-state index contributed by atoms with van der Waals surface area (Å²) >= 11 is 0. The van der Waals surface area contributed by atoms with Crippen LogP contribution in [-0.2, 0) is 6.61 Å². The van der Waals surface area contributed by atoms with Crippen LogP contribution in [0.4, 0.5) is 0 Å². The van der Waals surface area contributed by atoms with Gasteiger partial charge in [0.05, 0.1) is 11.0 Å². The number of hydrogen-bond acceptors (Lipinski definition) is 2. The van der Waals surface area contributed by atoms with Gasteiger partial charge in [-0.2, -0.15) is 0 Å². The second-order valence-electron chi connectivity index (χ2n) is 5.50. The molecule has 0 saturated carbocycles. The van der Waals surface area contributed by atoms with E-state index >= 15 is 0 Å². The summed E-state index contributed by atoms with van der Waals surface area (Å²) in [7, 11) is 0. The molecule has 0 unspecified atom stereocenters. The summed E-state index contributed by atoms with van der Waals surface area (Å²) in [6.07, 6.45) is 0. The molecule has 1 aromatic heterocycles. The number of aromatic amines is 1. The Morgan fingerprint density at radius 3 is 2.73 bits per heavy atom. The second-order valence-corrected chi connectivity index (χ2v) is 5.50. The first kappa shape index (κ1) is 12.9. The van der Waals surface area contributed by atoms with E-state index in [9.17, 15) is 0 Å². The van der Waals surface area contributed by atoms with Crippen LogP contribution in [0.2, 0.25) is 0 Å². The number of aromatic nitrogens is 2. The number of ether oxygens (including phenoxy) is 1. The predicted octanol–water partition coefficient (Wildman–Crippen LogP) is 4.60. The average molecular weight is 288 g/mol. The number of nitrogens with one attached hydrogen (secondary N) is 1. The predicted molar refractivity (Wildman–Crippen MR) is 89.1 cm³/mol. The number of rotatable bonds is 3. The third-order valence-corrected chi connectivity index (χ3v) is 3.78. The van der Waals surface area contributed by atoms with Gasteiger partial charge in [-0.1, -0.05) is 36.4 Å². The smallest absolute Gasteiger partial charge is 0.146 e. The van der Waals surface area contributed by atoms with Crippen molar-refractivity contribution in [3.63, 3.8) is 0 Å². The highest BCUT2D eigenvalue weighted by molar-refractivity contribution is 5.83. The van der Waals surface area contributed by atoms with Gasteiger partial charge in [0.1, 0.15) is 18.2 Å². The molecular formula is C19H16N2O. The highest BCUT2D eigenvalue weighted by Gasteiger charge is 2.04. The molecule has 0 saturated heterocycles. The molecule has 0 aliphatic heterocycles. The molecule has 0 amide bonds. The normalized spacial score (nSPS) is 11.1. The van der Waals surface area contributed by atoms with E-state index in [1.54, 1.807) is 0 Å². The van der Waals surface area contributed by atoms with Gasteiger partial charge in [-0.3, -0.25) is 0 Å². The van der Waals surface area contributed by atoms with Crippen LogP contribution < -0.4 is 4.74 Å². The highest BCUT2D eigenvalue weighted by atomic mass is 16.5. The van der Waals surface area contributed by atoms with Crippen molar-refractivity contribution in [1.29, 1.82) is 0 Å². The van der Waals surface area contributed by atoms with Crippen LogP contribution in [0, 0.1) is 6.92 Å². The molecular weight excluding hydrogens is 272 g/mol. The number of benzene rings is 3. The minimum Gasteiger partial charge on any atom is -0.486 e. The summed E-state index contributed by atoms with van der Waals surface area (Å²) in [5.41, 5.74) is 3.25. The molecule has 3 heteroatoms. The van der Waals surface area contributed by atoms with E-state index in [4.69, 9.17) is 4.74 Å². The maximum absolute atomic E-state index is 5.87. The molecule has 4 aromatic rings. The van der Waals surface area contributed by atoms with Gasteiger partial charge in [-0.15, -0.1) is 0 Å². The summed E-state index contributed by atoms with van der Waals surface area (Å²) in [6.45, 7) is 2.51. The Morgan fingerprint density at radius 1 is 0.955 bits per heavy atom. The van der Waals surface area contributed by atoms with Crippen LogP contribution >= 0.6 is 0 Å². The molecule has 108 valence electrons. The van der Waals surface area contributed by atoms with E-state index in [1.165, 1.54) is 16.3 Å². The van der Waals surface area contributed by atoms with Gasteiger partial charge in [0, 0.05) is 0 Å². The topological polar surface area (TPSA) is 37.9 Å². The van der Waals surface area contributed by atoms with Crippen LogP contribution in [0.25, 0.3) is 21.8 Å². The Hall–Kier alpha value is -2.81. The van der Waals surface area contributed by atoms with Crippen molar-refractivity contribution in [2.45, 2.75) is 13.5 Å². The lowest BCUT2D eigenvalue weighted by atomic mass is 10.1. The summed E-state index contributed by atoms with van der Waals surface area (Å²) in [5, 5.41) is 2.40. The molecule has 3 nitrogen and oxygen atoms in total. The van der Waals surface area contributed by atoms with E-state index in [1.807, 2.05) is 24.3 Å². The van der Waals surface area contributed by atoms with Gasteiger partial charge in [0.25, 0.3) is 0 Å². The van der Waals surface area contributed by atoms with Crippen molar-refractivity contribution >= 4 is 21.8 Å². The molecule has 0 spiro atoms.